The molecule has 1 saturated heterocycles. The molecule has 0 spiro atoms. The van der Waals surface area contributed by atoms with Crippen LogP contribution in [-0.4, -0.2) is 33.5 Å². The summed E-state index contributed by atoms with van der Waals surface area (Å²) in [5, 5.41) is 8.02. The number of aromatic nitrogens is 3. The predicted molar refractivity (Wildman–Crippen MR) is 88.5 cm³/mol. The molecule has 5 nitrogen and oxygen atoms in total. The predicted octanol–water partition coefficient (Wildman–Crippen LogP) is 2.94. The van der Waals surface area contributed by atoms with Gasteiger partial charge in [0, 0.05) is 37.3 Å². The molecular formula is C16H21BrN4O. The van der Waals surface area contributed by atoms with Gasteiger partial charge in [-0.2, -0.15) is 5.10 Å². The van der Waals surface area contributed by atoms with Gasteiger partial charge in [0.2, 0.25) is 0 Å². The Labute approximate surface area is 139 Å². The normalized spacial score (nSPS) is 23.4. The molecule has 22 heavy (non-hydrogen) atoms. The van der Waals surface area contributed by atoms with E-state index in [1.165, 1.54) is 5.56 Å². The highest BCUT2D eigenvalue weighted by Gasteiger charge is 2.28. The van der Waals surface area contributed by atoms with Gasteiger partial charge in [-0.15, -0.1) is 0 Å². The van der Waals surface area contributed by atoms with E-state index in [9.17, 15) is 0 Å². The lowest BCUT2D eigenvalue weighted by molar-refractivity contribution is -0.0139. The van der Waals surface area contributed by atoms with Gasteiger partial charge < -0.3 is 10.1 Å². The summed E-state index contributed by atoms with van der Waals surface area (Å²) in [5.74, 6) is 0. The number of nitrogens with zero attached hydrogens (tertiary/aromatic N) is 3. The first-order valence-corrected chi connectivity index (χ1v) is 8.47. The SMILES string of the molecule is C[C@H](Cn1cc(Br)cn1)N[C@H]1CCCO[C@@H]1c1ccncc1. The van der Waals surface area contributed by atoms with Crippen molar-refractivity contribution in [2.45, 2.75) is 44.5 Å². The summed E-state index contributed by atoms with van der Waals surface area (Å²) in [4.78, 5) is 4.09. The lowest BCUT2D eigenvalue weighted by atomic mass is 9.96. The molecule has 0 amide bonds. The van der Waals surface area contributed by atoms with Crippen molar-refractivity contribution >= 4 is 15.9 Å². The average molecular weight is 365 g/mol. The molecule has 3 heterocycles. The van der Waals surface area contributed by atoms with Gasteiger partial charge in [-0.3, -0.25) is 9.67 Å². The molecule has 6 heteroatoms. The number of hydrogen-bond donors (Lipinski definition) is 1. The zero-order valence-electron chi connectivity index (χ0n) is 12.7. The molecular weight excluding hydrogens is 344 g/mol. The van der Waals surface area contributed by atoms with Gasteiger partial charge >= 0.3 is 0 Å². The summed E-state index contributed by atoms with van der Waals surface area (Å²) < 4.78 is 8.97. The zero-order valence-corrected chi connectivity index (χ0v) is 14.2. The maximum Gasteiger partial charge on any atom is 0.0978 e. The highest BCUT2D eigenvalue weighted by molar-refractivity contribution is 9.10. The summed E-state index contributed by atoms with van der Waals surface area (Å²) >= 11 is 3.43. The Bertz CT molecular complexity index is 589. The van der Waals surface area contributed by atoms with Crippen molar-refractivity contribution in [3.05, 3.63) is 47.0 Å². The number of pyridine rings is 1. The van der Waals surface area contributed by atoms with Crippen LogP contribution in [-0.2, 0) is 11.3 Å². The molecule has 0 bridgehead atoms. The Morgan fingerprint density at radius 2 is 2.27 bits per heavy atom. The van der Waals surface area contributed by atoms with Gasteiger partial charge in [-0.1, -0.05) is 0 Å². The van der Waals surface area contributed by atoms with E-state index in [0.29, 0.717) is 12.1 Å². The third kappa shape index (κ3) is 3.94. The Balaban J connectivity index is 1.63. The molecule has 2 aromatic heterocycles. The highest BCUT2D eigenvalue weighted by Crippen LogP contribution is 2.28. The molecule has 1 N–H and O–H groups in total. The van der Waals surface area contributed by atoms with Crippen molar-refractivity contribution in [1.82, 2.24) is 20.1 Å². The number of halogens is 1. The smallest absolute Gasteiger partial charge is 0.0978 e. The minimum Gasteiger partial charge on any atom is -0.372 e. The molecule has 0 unspecified atom stereocenters. The topological polar surface area (TPSA) is 52.0 Å². The largest absolute Gasteiger partial charge is 0.372 e. The fourth-order valence-electron chi connectivity index (χ4n) is 2.97. The Hall–Kier alpha value is -1.24. The second kappa shape index (κ2) is 7.35. The zero-order chi connectivity index (χ0) is 15.4. The van der Waals surface area contributed by atoms with Crippen molar-refractivity contribution in [1.29, 1.82) is 0 Å². The molecule has 0 saturated carbocycles. The van der Waals surface area contributed by atoms with Crippen LogP contribution in [0.4, 0.5) is 0 Å². The average Bonchev–Trinajstić information content (AvgIpc) is 2.93. The van der Waals surface area contributed by atoms with Crippen LogP contribution in [0, 0.1) is 0 Å². The second-order valence-electron chi connectivity index (χ2n) is 5.77. The van der Waals surface area contributed by atoms with E-state index in [-0.39, 0.29) is 6.10 Å². The van der Waals surface area contributed by atoms with Crippen LogP contribution < -0.4 is 5.32 Å². The van der Waals surface area contributed by atoms with Crippen molar-refractivity contribution in [3.8, 4) is 0 Å². The van der Waals surface area contributed by atoms with Crippen LogP contribution in [0.5, 0.6) is 0 Å². The van der Waals surface area contributed by atoms with Crippen LogP contribution in [0.2, 0.25) is 0 Å². The van der Waals surface area contributed by atoms with Crippen molar-refractivity contribution in [3.63, 3.8) is 0 Å². The first-order chi connectivity index (χ1) is 10.7. The van der Waals surface area contributed by atoms with E-state index >= 15 is 0 Å². The molecule has 0 aromatic carbocycles. The number of ether oxygens (including phenoxy) is 1. The fourth-order valence-corrected chi connectivity index (χ4v) is 3.30. The first kappa shape index (κ1) is 15.6. The van der Waals surface area contributed by atoms with Gasteiger partial charge in [0.25, 0.3) is 0 Å². The molecule has 3 atom stereocenters. The van der Waals surface area contributed by atoms with Crippen molar-refractivity contribution < 1.29 is 4.74 Å². The maximum atomic E-state index is 6.01. The Kier molecular flexibility index (Phi) is 5.23. The molecule has 3 rings (SSSR count). The number of rotatable bonds is 5. The number of nitrogens with one attached hydrogen (secondary N) is 1. The lowest BCUT2D eigenvalue weighted by Gasteiger charge is -2.34. The van der Waals surface area contributed by atoms with Crippen LogP contribution in [0.15, 0.2) is 41.4 Å². The number of hydrogen-bond acceptors (Lipinski definition) is 4. The van der Waals surface area contributed by atoms with Crippen molar-refractivity contribution in [2.24, 2.45) is 0 Å². The van der Waals surface area contributed by atoms with E-state index in [1.54, 1.807) is 0 Å². The third-order valence-corrected chi connectivity index (χ3v) is 4.33. The highest BCUT2D eigenvalue weighted by atomic mass is 79.9. The van der Waals surface area contributed by atoms with E-state index in [0.717, 1.165) is 30.5 Å². The molecule has 0 radical (unpaired) electrons. The Morgan fingerprint density at radius 1 is 1.45 bits per heavy atom. The molecule has 1 fully saturated rings. The molecule has 1 aliphatic rings. The van der Waals surface area contributed by atoms with Crippen LogP contribution >= 0.6 is 15.9 Å². The Morgan fingerprint density at radius 3 is 3.00 bits per heavy atom. The van der Waals surface area contributed by atoms with E-state index in [1.807, 2.05) is 41.6 Å². The van der Waals surface area contributed by atoms with Crippen LogP contribution in [0.3, 0.4) is 0 Å². The minimum atomic E-state index is 0.101. The minimum absolute atomic E-state index is 0.101. The molecule has 2 aromatic rings. The molecule has 0 aliphatic carbocycles. The van der Waals surface area contributed by atoms with Crippen LogP contribution in [0.1, 0.15) is 31.4 Å². The third-order valence-electron chi connectivity index (χ3n) is 3.92. The van der Waals surface area contributed by atoms with Gasteiger partial charge in [-0.05, 0) is 53.4 Å². The standard InChI is InChI=1S/C16H21BrN4O/c1-12(10-21-11-14(17)9-19-21)20-15-3-2-8-22-16(15)13-4-6-18-7-5-13/h4-7,9,11-12,15-16,20H,2-3,8,10H2,1H3/t12-,15+,16-/m1/s1. The van der Waals surface area contributed by atoms with Gasteiger partial charge in [0.15, 0.2) is 0 Å². The van der Waals surface area contributed by atoms with Crippen LogP contribution in [0.25, 0.3) is 0 Å². The van der Waals surface area contributed by atoms with Crippen molar-refractivity contribution in [2.75, 3.05) is 6.61 Å². The summed E-state index contributed by atoms with van der Waals surface area (Å²) in [6.07, 6.45) is 9.79. The lowest BCUT2D eigenvalue weighted by Crippen LogP contribution is -2.45. The van der Waals surface area contributed by atoms with Gasteiger partial charge in [-0.25, -0.2) is 0 Å². The second-order valence-corrected chi connectivity index (χ2v) is 6.68. The first-order valence-electron chi connectivity index (χ1n) is 7.68. The quantitative estimate of drug-likeness (QED) is 0.885. The maximum absolute atomic E-state index is 6.01. The molecule has 118 valence electrons. The molecule has 1 aliphatic heterocycles. The summed E-state index contributed by atoms with van der Waals surface area (Å²) in [6, 6.07) is 4.73. The van der Waals surface area contributed by atoms with E-state index < -0.39 is 0 Å². The summed E-state index contributed by atoms with van der Waals surface area (Å²) in [7, 11) is 0. The summed E-state index contributed by atoms with van der Waals surface area (Å²) in [6.45, 7) is 3.85. The summed E-state index contributed by atoms with van der Waals surface area (Å²) in [5.41, 5.74) is 1.20. The van der Waals surface area contributed by atoms with Gasteiger partial charge in [0.05, 0.1) is 23.3 Å². The van der Waals surface area contributed by atoms with E-state index in [4.69, 9.17) is 4.74 Å². The van der Waals surface area contributed by atoms with Gasteiger partial charge in [0.1, 0.15) is 0 Å². The van der Waals surface area contributed by atoms with E-state index in [2.05, 4.69) is 38.3 Å². The fraction of sp³-hybridized carbons (Fsp3) is 0.500. The monoisotopic (exact) mass is 364 g/mol.